The van der Waals surface area contributed by atoms with Crippen molar-refractivity contribution in [2.45, 2.75) is 12.8 Å². The number of carbonyl (C=O) groups is 1. The van der Waals surface area contributed by atoms with E-state index in [2.05, 4.69) is 4.98 Å². The summed E-state index contributed by atoms with van der Waals surface area (Å²) < 4.78 is 5.07. The predicted molar refractivity (Wildman–Crippen MR) is 56.7 cm³/mol. The maximum atomic E-state index is 11.5. The lowest BCUT2D eigenvalue weighted by Crippen LogP contribution is -2.09. The van der Waals surface area contributed by atoms with Crippen molar-refractivity contribution in [3.05, 3.63) is 23.0 Å². The Morgan fingerprint density at radius 2 is 2.40 bits per heavy atom. The Bertz CT molecular complexity index is 391. The minimum Gasteiger partial charge on any atom is -0.462 e. The third-order valence-corrected chi connectivity index (χ3v) is 2.53. The second-order valence-electron chi connectivity index (χ2n) is 3.65. The number of nitrogen functional groups attached to an aromatic ring is 1. The van der Waals surface area contributed by atoms with Gasteiger partial charge in [-0.2, -0.15) is 0 Å². The second kappa shape index (κ2) is 4.06. The minimum absolute atomic E-state index is 0.130. The Labute approximate surface area is 92.4 Å². The molecule has 0 aliphatic heterocycles. The summed E-state index contributed by atoms with van der Waals surface area (Å²) in [5.41, 5.74) is 6.14. The summed E-state index contributed by atoms with van der Waals surface area (Å²) in [6, 6.07) is 1.48. The zero-order valence-electron chi connectivity index (χ0n) is 8.07. The third-order valence-electron chi connectivity index (χ3n) is 2.23. The monoisotopic (exact) mass is 226 g/mol. The molecule has 15 heavy (non-hydrogen) atoms. The summed E-state index contributed by atoms with van der Waals surface area (Å²) in [5, 5.41) is 0.130. The van der Waals surface area contributed by atoms with E-state index in [1.807, 2.05) is 0 Å². The van der Waals surface area contributed by atoms with Crippen LogP contribution in [0.2, 0.25) is 5.15 Å². The van der Waals surface area contributed by atoms with E-state index in [4.69, 9.17) is 22.1 Å². The quantitative estimate of drug-likeness (QED) is 0.631. The first-order valence-corrected chi connectivity index (χ1v) is 5.13. The Balaban J connectivity index is 2.05. The summed E-state index contributed by atoms with van der Waals surface area (Å²) in [6.45, 7) is 0.462. The van der Waals surface area contributed by atoms with Crippen LogP contribution in [0.15, 0.2) is 12.3 Å². The minimum atomic E-state index is -0.452. The molecule has 1 aliphatic carbocycles. The molecule has 4 nitrogen and oxygen atoms in total. The van der Waals surface area contributed by atoms with E-state index in [0.29, 0.717) is 18.2 Å². The molecular formula is C10H11ClN2O2. The van der Waals surface area contributed by atoms with Crippen LogP contribution in [0, 0.1) is 5.92 Å². The fourth-order valence-electron chi connectivity index (χ4n) is 1.16. The molecule has 1 fully saturated rings. The van der Waals surface area contributed by atoms with Gasteiger partial charge in [0.2, 0.25) is 0 Å². The highest BCUT2D eigenvalue weighted by atomic mass is 35.5. The normalized spacial score (nSPS) is 15.0. The molecular weight excluding hydrogens is 216 g/mol. The van der Waals surface area contributed by atoms with Gasteiger partial charge in [-0.3, -0.25) is 0 Å². The molecule has 80 valence electrons. The van der Waals surface area contributed by atoms with Crippen molar-refractivity contribution in [1.82, 2.24) is 4.98 Å². The number of anilines is 1. The predicted octanol–water partition coefficient (Wildman–Crippen LogP) is 1.88. The average molecular weight is 227 g/mol. The van der Waals surface area contributed by atoms with Crippen LogP contribution < -0.4 is 5.73 Å². The number of ether oxygens (including phenoxy) is 1. The van der Waals surface area contributed by atoms with Gasteiger partial charge in [0.15, 0.2) is 0 Å². The van der Waals surface area contributed by atoms with Gasteiger partial charge in [-0.05, 0) is 24.8 Å². The number of carbonyl (C=O) groups excluding carboxylic acids is 1. The Morgan fingerprint density at radius 1 is 1.67 bits per heavy atom. The standard InChI is InChI=1S/C10H11ClN2O2/c11-9-8(3-7(12)4-13-9)10(14)15-5-6-1-2-6/h3-4,6H,1-2,5,12H2. The first-order chi connectivity index (χ1) is 7.16. The maximum absolute atomic E-state index is 11.5. The molecule has 0 spiro atoms. The summed E-state index contributed by atoms with van der Waals surface area (Å²) in [7, 11) is 0. The van der Waals surface area contributed by atoms with E-state index in [0.717, 1.165) is 12.8 Å². The number of esters is 1. The van der Waals surface area contributed by atoms with Crippen LogP contribution in [0.1, 0.15) is 23.2 Å². The summed E-state index contributed by atoms with van der Waals surface area (Å²) in [4.78, 5) is 15.3. The molecule has 0 atom stereocenters. The van der Waals surface area contributed by atoms with Gasteiger partial charge in [0, 0.05) is 0 Å². The van der Waals surface area contributed by atoms with Gasteiger partial charge >= 0.3 is 5.97 Å². The number of hydrogen-bond acceptors (Lipinski definition) is 4. The smallest absolute Gasteiger partial charge is 0.341 e. The number of nitrogens with two attached hydrogens (primary N) is 1. The molecule has 0 saturated heterocycles. The van der Waals surface area contributed by atoms with Gasteiger partial charge in [0.25, 0.3) is 0 Å². The van der Waals surface area contributed by atoms with Crippen molar-refractivity contribution in [3.8, 4) is 0 Å². The van der Waals surface area contributed by atoms with E-state index in [1.165, 1.54) is 12.3 Å². The summed E-state index contributed by atoms with van der Waals surface area (Å²) >= 11 is 5.75. The fourth-order valence-corrected chi connectivity index (χ4v) is 1.34. The highest BCUT2D eigenvalue weighted by molar-refractivity contribution is 6.32. The fraction of sp³-hybridized carbons (Fsp3) is 0.400. The van der Waals surface area contributed by atoms with E-state index in [-0.39, 0.29) is 10.7 Å². The number of nitrogens with zero attached hydrogens (tertiary/aromatic N) is 1. The number of hydrogen-bond donors (Lipinski definition) is 1. The van der Waals surface area contributed by atoms with Crippen LogP contribution in [-0.2, 0) is 4.74 Å². The Kier molecular flexibility index (Phi) is 2.77. The molecule has 0 radical (unpaired) electrons. The number of rotatable bonds is 3. The molecule has 1 heterocycles. The molecule has 1 aromatic rings. The van der Waals surface area contributed by atoms with E-state index in [9.17, 15) is 4.79 Å². The molecule has 1 saturated carbocycles. The molecule has 2 rings (SSSR count). The number of halogens is 1. The van der Waals surface area contributed by atoms with Gasteiger partial charge in [0.05, 0.1) is 24.1 Å². The summed E-state index contributed by atoms with van der Waals surface area (Å²) in [6.07, 6.45) is 3.67. The molecule has 2 N–H and O–H groups in total. The number of pyridine rings is 1. The molecule has 1 aliphatic rings. The topological polar surface area (TPSA) is 65.2 Å². The van der Waals surface area contributed by atoms with Crippen LogP contribution in [0.4, 0.5) is 5.69 Å². The van der Waals surface area contributed by atoms with Crippen LogP contribution in [0.5, 0.6) is 0 Å². The van der Waals surface area contributed by atoms with Crippen LogP contribution in [-0.4, -0.2) is 17.6 Å². The lowest BCUT2D eigenvalue weighted by Gasteiger charge is -2.05. The maximum Gasteiger partial charge on any atom is 0.341 e. The van der Waals surface area contributed by atoms with Crippen molar-refractivity contribution in [2.75, 3.05) is 12.3 Å². The molecule has 5 heteroatoms. The van der Waals surface area contributed by atoms with Gasteiger partial charge in [-0.25, -0.2) is 9.78 Å². The highest BCUT2D eigenvalue weighted by Crippen LogP contribution is 2.29. The van der Waals surface area contributed by atoms with Crippen LogP contribution >= 0.6 is 11.6 Å². The molecule has 0 aromatic carbocycles. The first kappa shape index (κ1) is 10.2. The molecule has 0 bridgehead atoms. The van der Waals surface area contributed by atoms with E-state index >= 15 is 0 Å². The highest BCUT2D eigenvalue weighted by Gasteiger charge is 2.24. The van der Waals surface area contributed by atoms with Gasteiger partial charge in [-0.1, -0.05) is 11.6 Å². The second-order valence-corrected chi connectivity index (χ2v) is 4.01. The van der Waals surface area contributed by atoms with Gasteiger partial charge in [0.1, 0.15) is 5.15 Å². The average Bonchev–Trinajstić information content (AvgIpc) is 3.02. The van der Waals surface area contributed by atoms with Crippen molar-refractivity contribution < 1.29 is 9.53 Å². The lowest BCUT2D eigenvalue weighted by molar-refractivity contribution is 0.0486. The number of aromatic nitrogens is 1. The van der Waals surface area contributed by atoms with Crippen molar-refractivity contribution >= 4 is 23.3 Å². The van der Waals surface area contributed by atoms with Crippen molar-refractivity contribution in [3.63, 3.8) is 0 Å². The Hall–Kier alpha value is -1.29. The molecule has 0 amide bonds. The van der Waals surface area contributed by atoms with Gasteiger partial charge < -0.3 is 10.5 Å². The van der Waals surface area contributed by atoms with E-state index < -0.39 is 5.97 Å². The SMILES string of the molecule is Nc1cnc(Cl)c(C(=O)OCC2CC2)c1. The van der Waals surface area contributed by atoms with Crippen molar-refractivity contribution in [2.24, 2.45) is 5.92 Å². The lowest BCUT2D eigenvalue weighted by atomic mass is 10.2. The molecule has 1 aromatic heterocycles. The third kappa shape index (κ3) is 2.59. The molecule has 0 unspecified atom stereocenters. The van der Waals surface area contributed by atoms with Crippen molar-refractivity contribution in [1.29, 1.82) is 0 Å². The zero-order chi connectivity index (χ0) is 10.8. The largest absolute Gasteiger partial charge is 0.462 e. The van der Waals surface area contributed by atoms with E-state index in [1.54, 1.807) is 0 Å². The van der Waals surface area contributed by atoms with Gasteiger partial charge in [-0.15, -0.1) is 0 Å². The van der Waals surface area contributed by atoms with Crippen LogP contribution in [0.3, 0.4) is 0 Å². The first-order valence-electron chi connectivity index (χ1n) is 4.75. The Morgan fingerprint density at radius 3 is 3.07 bits per heavy atom. The summed E-state index contributed by atoms with van der Waals surface area (Å²) in [5.74, 6) is 0.0773. The van der Waals surface area contributed by atoms with Crippen LogP contribution in [0.25, 0.3) is 0 Å². The zero-order valence-corrected chi connectivity index (χ0v) is 8.83.